The summed E-state index contributed by atoms with van der Waals surface area (Å²) < 4.78 is 27.2. The molecular formula is C14H23N3O3S. The summed E-state index contributed by atoms with van der Waals surface area (Å²) in [5, 5.41) is 5.62. The zero-order valence-electron chi connectivity index (χ0n) is 12.9. The van der Waals surface area contributed by atoms with Crippen molar-refractivity contribution in [1.82, 2.24) is 10.0 Å². The number of carbonyl (C=O) groups excluding carboxylic acids is 1. The molecule has 0 aliphatic carbocycles. The molecule has 0 saturated heterocycles. The van der Waals surface area contributed by atoms with E-state index < -0.39 is 10.0 Å². The lowest BCUT2D eigenvalue weighted by Gasteiger charge is -2.14. The van der Waals surface area contributed by atoms with Crippen LogP contribution in [0.15, 0.2) is 17.0 Å². The van der Waals surface area contributed by atoms with Crippen molar-refractivity contribution in [3.63, 3.8) is 0 Å². The highest BCUT2D eigenvalue weighted by Gasteiger charge is 2.20. The van der Waals surface area contributed by atoms with Gasteiger partial charge in [-0.25, -0.2) is 13.1 Å². The Balaban J connectivity index is 2.86. The Labute approximate surface area is 126 Å². The van der Waals surface area contributed by atoms with Crippen molar-refractivity contribution >= 4 is 21.6 Å². The van der Waals surface area contributed by atoms with Gasteiger partial charge in [0.1, 0.15) is 0 Å². The Bertz CT molecular complexity index is 589. The molecule has 118 valence electrons. The average Bonchev–Trinajstić information content (AvgIpc) is 2.37. The van der Waals surface area contributed by atoms with Crippen LogP contribution < -0.4 is 15.4 Å². The third kappa shape index (κ3) is 4.71. The average molecular weight is 313 g/mol. The number of sulfonamides is 1. The van der Waals surface area contributed by atoms with Gasteiger partial charge in [-0.05, 0) is 44.0 Å². The van der Waals surface area contributed by atoms with E-state index in [0.717, 1.165) is 5.69 Å². The fourth-order valence-electron chi connectivity index (χ4n) is 2.18. The molecule has 1 aromatic carbocycles. The van der Waals surface area contributed by atoms with E-state index in [2.05, 4.69) is 15.4 Å². The van der Waals surface area contributed by atoms with Gasteiger partial charge >= 0.3 is 0 Å². The summed E-state index contributed by atoms with van der Waals surface area (Å²) in [7, 11) is -1.83. The molecule has 3 N–H and O–H groups in total. The number of aryl methyl sites for hydroxylation is 2. The molecule has 0 aromatic heterocycles. The molecule has 0 unspecified atom stereocenters. The normalized spacial score (nSPS) is 11.2. The van der Waals surface area contributed by atoms with Crippen LogP contribution in [0.1, 0.15) is 24.5 Å². The fraction of sp³-hybridized carbons (Fsp3) is 0.500. The van der Waals surface area contributed by atoms with E-state index in [1.807, 2.05) is 6.92 Å². The van der Waals surface area contributed by atoms with Gasteiger partial charge in [0.2, 0.25) is 15.9 Å². The van der Waals surface area contributed by atoms with Gasteiger partial charge in [-0.2, -0.15) is 0 Å². The summed E-state index contributed by atoms with van der Waals surface area (Å²) in [5.74, 6) is -0.167. The van der Waals surface area contributed by atoms with Crippen molar-refractivity contribution < 1.29 is 13.2 Å². The van der Waals surface area contributed by atoms with Gasteiger partial charge in [-0.15, -0.1) is 0 Å². The van der Waals surface area contributed by atoms with E-state index in [1.54, 1.807) is 33.0 Å². The Kier molecular flexibility index (Phi) is 6.17. The number of hydrogen-bond acceptors (Lipinski definition) is 4. The van der Waals surface area contributed by atoms with Crippen LogP contribution in [-0.2, 0) is 14.8 Å². The van der Waals surface area contributed by atoms with Gasteiger partial charge in [-0.3, -0.25) is 4.79 Å². The summed E-state index contributed by atoms with van der Waals surface area (Å²) in [6.07, 6.45) is 0.125. The molecule has 7 heteroatoms. The van der Waals surface area contributed by atoms with Crippen LogP contribution in [0, 0.1) is 13.8 Å². The first-order valence-electron chi connectivity index (χ1n) is 6.87. The Morgan fingerprint density at radius 1 is 1.19 bits per heavy atom. The number of hydrogen-bond donors (Lipinski definition) is 3. The highest BCUT2D eigenvalue weighted by molar-refractivity contribution is 7.89. The van der Waals surface area contributed by atoms with E-state index in [0.29, 0.717) is 17.7 Å². The SMILES string of the molecule is CCNC(=O)CCNS(=O)(=O)c1c(C)cc(NC)cc1C. The minimum Gasteiger partial charge on any atom is -0.388 e. The number of benzene rings is 1. The van der Waals surface area contributed by atoms with Gasteiger partial charge in [0, 0.05) is 32.2 Å². The Morgan fingerprint density at radius 2 is 1.76 bits per heavy atom. The van der Waals surface area contributed by atoms with Crippen LogP contribution >= 0.6 is 0 Å². The lowest BCUT2D eigenvalue weighted by atomic mass is 10.1. The maximum absolute atomic E-state index is 12.3. The van der Waals surface area contributed by atoms with Crippen LogP contribution in [-0.4, -0.2) is 34.5 Å². The second-order valence-electron chi connectivity index (χ2n) is 4.79. The van der Waals surface area contributed by atoms with E-state index >= 15 is 0 Å². The summed E-state index contributed by atoms with van der Waals surface area (Å²) in [6.45, 7) is 5.95. The molecule has 0 aliphatic rings. The standard InChI is InChI=1S/C14H23N3O3S/c1-5-16-13(18)6-7-17-21(19,20)14-10(2)8-12(15-4)9-11(14)3/h8-9,15,17H,5-7H2,1-4H3,(H,16,18). The maximum atomic E-state index is 12.3. The third-order valence-corrected chi connectivity index (χ3v) is 4.80. The molecule has 0 heterocycles. The summed E-state index contributed by atoms with van der Waals surface area (Å²) in [5.41, 5.74) is 2.21. The first kappa shape index (κ1) is 17.5. The predicted molar refractivity (Wildman–Crippen MR) is 84.0 cm³/mol. The topological polar surface area (TPSA) is 87.3 Å². The highest BCUT2D eigenvalue weighted by Crippen LogP contribution is 2.24. The minimum absolute atomic E-state index is 0.0842. The van der Waals surface area contributed by atoms with Crippen molar-refractivity contribution in [1.29, 1.82) is 0 Å². The lowest BCUT2D eigenvalue weighted by molar-refractivity contribution is -0.120. The van der Waals surface area contributed by atoms with E-state index in [-0.39, 0.29) is 23.8 Å². The summed E-state index contributed by atoms with van der Waals surface area (Å²) >= 11 is 0. The molecule has 1 rings (SSSR count). The van der Waals surface area contributed by atoms with Crippen LogP contribution in [0.5, 0.6) is 0 Å². The number of rotatable bonds is 7. The molecule has 0 spiro atoms. The van der Waals surface area contributed by atoms with Crippen LogP contribution in [0.2, 0.25) is 0 Å². The van der Waals surface area contributed by atoms with Crippen molar-refractivity contribution in [3.05, 3.63) is 23.3 Å². The van der Waals surface area contributed by atoms with E-state index in [1.165, 1.54) is 0 Å². The molecule has 0 fully saturated rings. The molecule has 0 bridgehead atoms. The quantitative estimate of drug-likeness (QED) is 0.705. The predicted octanol–water partition coefficient (Wildman–Crippen LogP) is 1.15. The summed E-state index contributed by atoms with van der Waals surface area (Å²) in [6, 6.07) is 3.57. The van der Waals surface area contributed by atoms with Gasteiger partial charge < -0.3 is 10.6 Å². The van der Waals surface area contributed by atoms with Crippen LogP contribution in [0.4, 0.5) is 5.69 Å². The molecule has 6 nitrogen and oxygen atoms in total. The zero-order valence-corrected chi connectivity index (χ0v) is 13.7. The third-order valence-electron chi connectivity index (χ3n) is 3.04. The second kappa shape index (κ2) is 7.42. The first-order chi connectivity index (χ1) is 9.81. The Hall–Kier alpha value is -1.60. The van der Waals surface area contributed by atoms with Gasteiger partial charge in [0.25, 0.3) is 0 Å². The first-order valence-corrected chi connectivity index (χ1v) is 8.35. The fourth-order valence-corrected chi connectivity index (χ4v) is 3.66. The number of carbonyl (C=O) groups is 1. The van der Waals surface area contributed by atoms with Crippen LogP contribution in [0.25, 0.3) is 0 Å². The number of amides is 1. The second-order valence-corrected chi connectivity index (χ2v) is 6.49. The van der Waals surface area contributed by atoms with Crippen molar-refractivity contribution in [3.8, 4) is 0 Å². The zero-order chi connectivity index (χ0) is 16.0. The molecule has 0 aliphatic heterocycles. The lowest BCUT2D eigenvalue weighted by Crippen LogP contribution is -2.31. The van der Waals surface area contributed by atoms with E-state index in [4.69, 9.17) is 0 Å². The largest absolute Gasteiger partial charge is 0.388 e. The molecule has 1 amide bonds. The smallest absolute Gasteiger partial charge is 0.241 e. The molecule has 1 aromatic rings. The molecule has 21 heavy (non-hydrogen) atoms. The summed E-state index contributed by atoms with van der Waals surface area (Å²) in [4.78, 5) is 11.6. The van der Waals surface area contributed by atoms with Gasteiger partial charge in [0.05, 0.1) is 4.90 Å². The number of nitrogens with one attached hydrogen (secondary N) is 3. The monoisotopic (exact) mass is 313 g/mol. The highest BCUT2D eigenvalue weighted by atomic mass is 32.2. The van der Waals surface area contributed by atoms with Crippen LogP contribution in [0.3, 0.4) is 0 Å². The van der Waals surface area contributed by atoms with Crippen molar-refractivity contribution in [2.24, 2.45) is 0 Å². The Morgan fingerprint density at radius 3 is 2.24 bits per heavy atom. The van der Waals surface area contributed by atoms with Gasteiger partial charge in [0.15, 0.2) is 0 Å². The van der Waals surface area contributed by atoms with Gasteiger partial charge in [-0.1, -0.05) is 0 Å². The molecule has 0 radical (unpaired) electrons. The van der Waals surface area contributed by atoms with Crippen molar-refractivity contribution in [2.75, 3.05) is 25.5 Å². The van der Waals surface area contributed by atoms with E-state index in [9.17, 15) is 13.2 Å². The minimum atomic E-state index is -3.61. The molecule has 0 atom stereocenters. The maximum Gasteiger partial charge on any atom is 0.241 e. The molecule has 0 saturated carbocycles. The molecular weight excluding hydrogens is 290 g/mol. The number of anilines is 1. The van der Waals surface area contributed by atoms with Crippen molar-refractivity contribution in [2.45, 2.75) is 32.1 Å².